The van der Waals surface area contributed by atoms with Crippen molar-refractivity contribution >= 4 is 5.97 Å². The molecule has 0 aliphatic carbocycles. The predicted octanol–water partition coefficient (Wildman–Crippen LogP) is 1.23. The third kappa shape index (κ3) is 2.03. The van der Waals surface area contributed by atoms with Crippen molar-refractivity contribution in [1.29, 1.82) is 0 Å². The third-order valence-corrected chi connectivity index (χ3v) is 3.03. The number of carbonyl (C=O) groups is 1. The highest BCUT2D eigenvalue weighted by atomic mass is 16.5. The molecule has 3 N–H and O–H groups in total. The Bertz CT molecular complexity index is 716. The molecule has 1 aromatic heterocycles. The van der Waals surface area contributed by atoms with Gasteiger partial charge >= 0.3 is 5.97 Å². The van der Waals surface area contributed by atoms with E-state index < -0.39 is 11.5 Å². The number of rotatable bonds is 2. The van der Waals surface area contributed by atoms with Crippen LogP contribution in [0.25, 0.3) is 11.1 Å². The maximum absolute atomic E-state index is 11.8. The Morgan fingerprint density at radius 3 is 2.65 bits per heavy atom. The minimum absolute atomic E-state index is 0.0770. The summed E-state index contributed by atoms with van der Waals surface area (Å²) in [4.78, 5) is 22.9. The molecule has 3 rings (SSSR count). The van der Waals surface area contributed by atoms with Crippen LogP contribution in [0.4, 0.5) is 0 Å². The third-order valence-electron chi connectivity index (χ3n) is 3.03. The number of H-pyrrole nitrogens is 2. The lowest BCUT2D eigenvalue weighted by Crippen LogP contribution is -2.05. The van der Waals surface area contributed by atoms with Gasteiger partial charge in [-0.2, -0.15) is 0 Å². The maximum Gasteiger partial charge on any atom is 0.354 e. The fraction of sp³-hybridized carbons (Fsp3) is 0.231. The van der Waals surface area contributed by atoms with E-state index in [4.69, 9.17) is 14.6 Å². The largest absolute Gasteiger partial charge is 0.490 e. The van der Waals surface area contributed by atoms with E-state index in [-0.39, 0.29) is 11.3 Å². The van der Waals surface area contributed by atoms with Gasteiger partial charge in [0.1, 0.15) is 0 Å². The standard InChI is InChI=1S/C13H12N2O5/c16-12-10(11(13(17)18)14-15-12)7-2-3-8-9(6-7)20-5-1-4-19-8/h2-3,6H,1,4-5H2,(H,17,18)(H2,14,15,16). The first-order valence-corrected chi connectivity index (χ1v) is 6.11. The first-order valence-electron chi connectivity index (χ1n) is 6.11. The first-order chi connectivity index (χ1) is 9.66. The topological polar surface area (TPSA) is 104 Å². The minimum atomic E-state index is -1.20. The Morgan fingerprint density at radius 2 is 1.90 bits per heavy atom. The van der Waals surface area contributed by atoms with Crippen LogP contribution in [0, 0.1) is 0 Å². The average molecular weight is 276 g/mol. The van der Waals surface area contributed by atoms with Gasteiger partial charge in [0.15, 0.2) is 17.2 Å². The Balaban J connectivity index is 2.12. The molecule has 2 aromatic rings. The molecule has 20 heavy (non-hydrogen) atoms. The van der Waals surface area contributed by atoms with Crippen LogP contribution in [0.5, 0.6) is 11.5 Å². The monoisotopic (exact) mass is 276 g/mol. The number of ether oxygens (including phenoxy) is 2. The summed E-state index contributed by atoms with van der Waals surface area (Å²) in [5.41, 5.74) is -0.122. The van der Waals surface area contributed by atoms with Crippen molar-refractivity contribution in [3.63, 3.8) is 0 Å². The first kappa shape index (κ1) is 12.3. The van der Waals surface area contributed by atoms with Gasteiger partial charge in [-0.3, -0.25) is 15.0 Å². The predicted molar refractivity (Wildman–Crippen MR) is 69.4 cm³/mol. The van der Waals surface area contributed by atoms with E-state index in [0.29, 0.717) is 30.3 Å². The number of aromatic nitrogens is 2. The van der Waals surface area contributed by atoms with Gasteiger partial charge in [0.2, 0.25) is 0 Å². The Kier molecular flexibility index (Phi) is 2.94. The van der Waals surface area contributed by atoms with Crippen LogP contribution < -0.4 is 15.0 Å². The molecule has 104 valence electrons. The molecule has 0 unspecified atom stereocenters. The molecule has 0 spiro atoms. The normalized spacial score (nSPS) is 13.8. The molecule has 0 atom stereocenters. The van der Waals surface area contributed by atoms with Crippen LogP contribution in [0.15, 0.2) is 23.0 Å². The fourth-order valence-electron chi connectivity index (χ4n) is 2.11. The highest BCUT2D eigenvalue weighted by Gasteiger charge is 2.20. The highest BCUT2D eigenvalue weighted by Crippen LogP contribution is 2.33. The molecular formula is C13H12N2O5. The van der Waals surface area contributed by atoms with Crippen LogP contribution in [0.2, 0.25) is 0 Å². The average Bonchev–Trinajstić information content (AvgIpc) is 2.68. The second-order valence-electron chi connectivity index (χ2n) is 4.35. The summed E-state index contributed by atoms with van der Waals surface area (Å²) in [5, 5.41) is 13.7. The van der Waals surface area contributed by atoms with Gasteiger partial charge in [-0.15, -0.1) is 0 Å². The zero-order valence-electron chi connectivity index (χ0n) is 10.4. The number of carboxylic acids is 1. The molecular weight excluding hydrogens is 264 g/mol. The number of carboxylic acid groups (broad SMARTS) is 1. The van der Waals surface area contributed by atoms with Crippen molar-refractivity contribution < 1.29 is 19.4 Å². The molecule has 7 heteroatoms. The summed E-state index contributed by atoms with van der Waals surface area (Å²) in [6.45, 7) is 1.09. The van der Waals surface area contributed by atoms with Crippen LogP contribution >= 0.6 is 0 Å². The van der Waals surface area contributed by atoms with Crippen LogP contribution in [0.1, 0.15) is 16.9 Å². The van der Waals surface area contributed by atoms with Crippen molar-refractivity contribution in [1.82, 2.24) is 10.2 Å². The lowest BCUT2D eigenvalue weighted by molar-refractivity contribution is 0.0691. The number of hydrogen-bond acceptors (Lipinski definition) is 4. The van der Waals surface area contributed by atoms with Gasteiger partial charge in [0, 0.05) is 6.42 Å². The Morgan fingerprint density at radius 1 is 1.15 bits per heavy atom. The summed E-state index contributed by atoms with van der Waals surface area (Å²) >= 11 is 0. The molecule has 1 aromatic carbocycles. The van der Waals surface area contributed by atoms with Gasteiger partial charge in [0.25, 0.3) is 5.56 Å². The molecule has 0 saturated heterocycles. The minimum Gasteiger partial charge on any atom is -0.490 e. The lowest BCUT2D eigenvalue weighted by atomic mass is 10.1. The van der Waals surface area contributed by atoms with Gasteiger partial charge in [0.05, 0.1) is 18.8 Å². The van der Waals surface area contributed by atoms with Gasteiger partial charge in [-0.05, 0) is 17.7 Å². The number of hydrogen-bond donors (Lipinski definition) is 3. The fourth-order valence-corrected chi connectivity index (χ4v) is 2.11. The van der Waals surface area contributed by atoms with E-state index in [0.717, 1.165) is 6.42 Å². The lowest BCUT2D eigenvalue weighted by Gasteiger charge is -2.08. The summed E-state index contributed by atoms with van der Waals surface area (Å²) in [7, 11) is 0. The van der Waals surface area contributed by atoms with E-state index in [9.17, 15) is 9.59 Å². The van der Waals surface area contributed by atoms with Crippen LogP contribution in [0.3, 0.4) is 0 Å². The zero-order valence-corrected chi connectivity index (χ0v) is 10.4. The number of aromatic carboxylic acids is 1. The number of aromatic amines is 2. The van der Waals surface area contributed by atoms with E-state index in [2.05, 4.69) is 10.2 Å². The van der Waals surface area contributed by atoms with Crippen molar-refractivity contribution in [2.75, 3.05) is 13.2 Å². The molecule has 0 bridgehead atoms. The van der Waals surface area contributed by atoms with Gasteiger partial charge < -0.3 is 14.6 Å². The number of fused-ring (bicyclic) bond motifs is 1. The number of nitrogens with one attached hydrogen (secondary N) is 2. The summed E-state index contributed by atoms with van der Waals surface area (Å²) in [5.74, 6) is -0.0995. The van der Waals surface area contributed by atoms with E-state index >= 15 is 0 Å². The molecule has 7 nitrogen and oxygen atoms in total. The summed E-state index contributed by atoms with van der Waals surface area (Å²) in [6.07, 6.45) is 0.773. The summed E-state index contributed by atoms with van der Waals surface area (Å²) < 4.78 is 11.0. The molecule has 0 fully saturated rings. The summed E-state index contributed by atoms with van der Waals surface area (Å²) in [6, 6.07) is 4.93. The van der Waals surface area contributed by atoms with E-state index in [1.807, 2.05) is 0 Å². The van der Waals surface area contributed by atoms with E-state index in [1.165, 1.54) is 0 Å². The van der Waals surface area contributed by atoms with Crippen molar-refractivity contribution in [2.24, 2.45) is 0 Å². The zero-order chi connectivity index (χ0) is 14.1. The molecule has 1 aliphatic heterocycles. The van der Waals surface area contributed by atoms with Crippen LogP contribution in [-0.2, 0) is 0 Å². The van der Waals surface area contributed by atoms with Crippen molar-refractivity contribution in [2.45, 2.75) is 6.42 Å². The molecule has 1 aliphatic rings. The highest BCUT2D eigenvalue weighted by molar-refractivity contribution is 5.93. The second-order valence-corrected chi connectivity index (χ2v) is 4.35. The van der Waals surface area contributed by atoms with Gasteiger partial charge in [-0.1, -0.05) is 6.07 Å². The number of benzene rings is 1. The van der Waals surface area contributed by atoms with E-state index in [1.54, 1.807) is 18.2 Å². The Hall–Kier alpha value is -2.70. The smallest absolute Gasteiger partial charge is 0.354 e. The SMILES string of the molecule is O=C(O)c1[nH][nH]c(=O)c1-c1ccc2c(c1)OCCCO2. The molecule has 0 amide bonds. The van der Waals surface area contributed by atoms with Gasteiger partial charge in [-0.25, -0.2) is 4.79 Å². The second kappa shape index (κ2) is 4.76. The molecule has 2 heterocycles. The maximum atomic E-state index is 11.8. The van der Waals surface area contributed by atoms with Crippen molar-refractivity contribution in [3.05, 3.63) is 34.2 Å². The quantitative estimate of drug-likeness (QED) is 0.765. The Labute approximate surface area is 113 Å². The molecule has 0 radical (unpaired) electrons. The van der Waals surface area contributed by atoms with Crippen molar-refractivity contribution in [3.8, 4) is 22.6 Å². The molecule has 0 saturated carbocycles. The van der Waals surface area contributed by atoms with Crippen LogP contribution in [-0.4, -0.2) is 34.5 Å².